The van der Waals surface area contributed by atoms with Crippen LogP contribution in [0.15, 0.2) is 205 Å². The molecule has 3 heterocycles. The van der Waals surface area contributed by atoms with Crippen molar-refractivity contribution >= 4 is 28.0 Å². The second-order valence-corrected chi connectivity index (χ2v) is 16.3. The highest BCUT2D eigenvalue weighted by Gasteiger charge is 2.31. The van der Waals surface area contributed by atoms with E-state index in [9.17, 15) is 1.37 Å². The molecular weight excluding hydrogens is 769 g/mol. The van der Waals surface area contributed by atoms with Gasteiger partial charge in [0.25, 0.3) is 0 Å². The van der Waals surface area contributed by atoms with E-state index < -0.39 is 5.89 Å². The van der Waals surface area contributed by atoms with Crippen LogP contribution >= 0.6 is 0 Å². The largest absolute Gasteiger partial charge is 0.422 e. The third kappa shape index (κ3) is 6.27. The molecule has 0 unspecified atom stereocenters. The lowest BCUT2D eigenvalue weighted by Gasteiger charge is -2.28. The Morgan fingerprint density at radius 1 is 0.429 bits per heavy atom. The van der Waals surface area contributed by atoms with Gasteiger partial charge in [-0.25, -0.2) is 9.97 Å². The van der Waals surface area contributed by atoms with Gasteiger partial charge in [-0.3, -0.25) is 4.40 Å². The van der Waals surface area contributed by atoms with Crippen molar-refractivity contribution in [2.45, 2.75) is 31.6 Å². The summed E-state index contributed by atoms with van der Waals surface area (Å²) in [6.45, 7) is 0. The van der Waals surface area contributed by atoms with Crippen LogP contribution in [0.5, 0.6) is 0 Å². The predicted molar refractivity (Wildman–Crippen MR) is 257 cm³/mol. The lowest BCUT2D eigenvalue weighted by molar-refractivity contribution is 0.641. The summed E-state index contributed by atoms with van der Waals surface area (Å²) in [7, 11) is 0. The molecular formula is C58H42N4O. The standard InChI is InChI=1S/C58H42N4O/c1-6-22-39(23-7-1)49-50(40-24-8-2-9-25-40)52(42-28-12-4-13-29-42)54(53(43-30-14-5-15-31-43)51(49)41-26-10-3-11-27-41)44-36-59-57(60-37-44)55-45(38-20-16-17-21-38)34-35-48-56(55)63-58-61-46-32-18-19-33-47(46)62(48)58/h1-15,18-19,22-38H,16-17,20-21H2/i38D. The highest BCUT2D eigenvalue weighted by Crippen LogP contribution is 2.56. The van der Waals surface area contributed by atoms with Crippen LogP contribution in [0.3, 0.4) is 0 Å². The minimum atomic E-state index is -0.786. The van der Waals surface area contributed by atoms with Crippen molar-refractivity contribution in [3.05, 3.63) is 206 Å². The first-order valence-corrected chi connectivity index (χ1v) is 21.8. The minimum Gasteiger partial charge on any atom is -0.422 e. The van der Waals surface area contributed by atoms with Gasteiger partial charge in [0.1, 0.15) is 0 Å². The van der Waals surface area contributed by atoms with Gasteiger partial charge in [0.2, 0.25) is 0 Å². The molecule has 0 aliphatic heterocycles. The van der Waals surface area contributed by atoms with Gasteiger partial charge >= 0.3 is 5.84 Å². The SMILES string of the molecule is [2H]C1(c2ccc3c(oc4nc5ccccc5n43)c2-c2ncc(-c3c(-c4ccccc4)c(-c4ccccc4)c(-c4ccccc4)c(-c4ccccc4)c3-c3ccccc3)cn2)CCCC1. The number of oxazole rings is 1. The van der Waals surface area contributed by atoms with Gasteiger partial charge in [0.15, 0.2) is 11.4 Å². The Kier molecular flexibility index (Phi) is 8.84. The Labute approximate surface area is 367 Å². The zero-order valence-corrected chi connectivity index (χ0v) is 34.6. The van der Waals surface area contributed by atoms with E-state index in [1.54, 1.807) is 0 Å². The van der Waals surface area contributed by atoms with Gasteiger partial charge < -0.3 is 4.42 Å². The van der Waals surface area contributed by atoms with Crippen molar-refractivity contribution in [3.8, 4) is 78.1 Å². The average Bonchev–Trinajstić information content (AvgIpc) is 4.08. The van der Waals surface area contributed by atoms with Crippen molar-refractivity contribution in [1.82, 2.24) is 19.4 Å². The van der Waals surface area contributed by atoms with Gasteiger partial charge in [0, 0.05) is 24.9 Å². The highest BCUT2D eigenvalue weighted by atomic mass is 16.4. The number of hydrogen-bond acceptors (Lipinski definition) is 4. The van der Waals surface area contributed by atoms with Gasteiger partial charge in [0.05, 0.1) is 22.1 Å². The van der Waals surface area contributed by atoms with Crippen LogP contribution in [0.4, 0.5) is 0 Å². The molecule has 63 heavy (non-hydrogen) atoms. The predicted octanol–water partition coefficient (Wildman–Crippen LogP) is 15.4. The second kappa shape index (κ2) is 15.5. The fourth-order valence-corrected chi connectivity index (χ4v) is 9.93. The highest BCUT2D eigenvalue weighted by molar-refractivity contribution is 6.15. The number of nitrogens with zero attached hydrogens (tertiary/aromatic N) is 4. The maximum atomic E-state index is 9.82. The minimum absolute atomic E-state index is 0.511. The third-order valence-corrected chi connectivity index (χ3v) is 12.7. The molecule has 0 atom stereocenters. The van der Waals surface area contributed by atoms with Crippen molar-refractivity contribution in [2.75, 3.05) is 0 Å². The smallest absolute Gasteiger partial charge is 0.307 e. The molecule has 0 bridgehead atoms. The van der Waals surface area contributed by atoms with Crippen LogP contribution in [0, 0.1) is 0 Å². The molecule has 1 aliphatic carbocycles. The molecule has 1 saturated carbocycles. The monoisotopic (exact) mass is 811 g/mol. The van der Waals surface area contributed by atoms with Gasteiger partial charge in [-0.2, -0.15) is 4.98 Å². The molecule has 0 N–H and O–H groups in total. The van der Waals surface area contributed by atoms with Gasteiger partial charge in [-0.15, -0.1) is 0 Å². The molecule has 11 aromatic rings. The first kappa shape index (κ1) is 35.8. The Hall–Kier alpha value is -7.89. The van der Waals surface area contributed by atoms with Crippen LogP contribution in [0.25, 0.3) is 106 Å². The van der Waals surface area contributed by atoms with Crippen molar-refractivity contribution in [2.24, 2.45) is 0 Å². The van der Waals surface area contributed by atoms with E-state index in [4.69, 9.17) is 19.4 Å². The number of aromatic nitrogens is 4. The average molecular weight is 812 g/mol. The van der Waals surface area contributed by atoms with E-state index in [2.05, 4.69) is 174 Å². The summed E-state index contributed by atoms with van der Waals surface area (Å²) >= 11 is 0. The van der Waals surface area contributed by atoms with E-state index in [0.717, 1.165) is 120 Å². The summed E-state index contributed by atoms with van der Waals surface area (Å²) in [5, 5.41) is 0. The normalized spacial score (nSPS) is 13.8. The van der Waals surface area contributed by atoms with Crippen LogP contribution < -0.4 is 0 Å². The summed E-state index contributed by atoms with van der Waals surface area (Å²) in [4.78, 5) is 15.5. The van der Waals surface area contributed by atoms with Crippen LogP contribution in [0.1, 0.15) is 38.5 Å². The Morgan fingerprint density at radius 2 is 0.841 bits per heavy atom. The van der Waals surface area contributed by atoms with Crippen LogP contribution in [0.2, 0.25) is 0 Å². The Balaban J connectivity index is 1.20. The molecule has 0 radical (unpaired) electrons. The first-order valence-electron chi connectivity index (χ1n) is 22.3. The van der Waals surface area contributed by atoms with Crippen LogP contribution in [-0.2, 0) is 0 Å². The first-order chi connectivity index (χ1) is 31.6. The molecule has 8 aromatic carbocycles. The topological polar surface area (TPSA) is 56.2 Å². The number of imidazole rings is 1. The second-order valence-electron chi connectivity index (χ2n) is 16.3. The fourth-order valence-electron chi connectivity index (χ4n) is 9.93. The number of para-hydroxylation sites is 2. The summed E-state index contributed by atoms with van der Waals surface area (Å²) < 4.78 is 18.6. The zero-order chi connectivity index (χ0) is 42.6. The molecule has 0 amide bonds. The van der Waals surface area contributed by atoms with Crippen molar-refractivity contribution in [1.29, 1.82) is 0 Å². The molecule has 12 rings (SSSR count). The van der Waals surface area contributed by atoms with E-state index >= 15 is 0 Å². The van der Waals surface area contributed by atoms with E-state index in [0.29, 0.717) is 17.3 Å². The number of benzene rings is 8. The van der Waals surface area contributed by atoms with E-state index in [1.165, 1.54) is 0 Å². The summed E-state index contributed by atoms with van der Waals surface area (Å²) in [6, 6.07) is 66.1. The Morgan fingerprint density at radius 3 is 1.30 bits per heavy atom. The number of rotatable bonds is 8. The van der Waals surface area contributed by atoms with Gasteiger partial charge in [-0.1, -0.05) is 183 Å². The zero-order valence-electron chi connectivity index (χ0n) is 35.6. The lowest BCUT2D eigenvalue weighted by atomic mass is 9.74. The maximum absolute atomic E-state index is 9.82. The summed E-state index contributed by atoms with van der Waals surface area (Å²) in [5.41, 5.74) is 18.1. The molecule has 1 aliphatic rings. The van der Waals surface area contributed by atoms with Crippen molar-refractivity contribution < 1.29 is 5.79 Å². The summed E-state index contributed by atoms with van der Waals surface area (Å²) in [5.74, 6) is 0.252. The lowest BCUT2D eigenvalue weighted by Crippen LogP contribution is -2.03. The van der Waals surface area contributed by atoms with Crippen molar-refractivity contribution in [3.63, 3.8) is 0 Å². The molecule has 3 aromatic heterocycles. The fraction of sp³-hybridized carbons (Fsp3) is 0.0862. The van der Waals surface area contributed by atoms with E-state index in [-0.39, 0.29) is 0 Å². The maximum Gasteiger partial charge on any atom is 0.307 e. The molecule has 1 fully saturated rings. The molecule has 300 valence electrons. The van der Waals surface area contributed by atoms with Gasteiger partial charge in [-0.05, 0) is 98.1 Å². The Bertz CT molecular complexity index is 3370. The molecule has 0 spiro atoms. The molecule has 5 heteroatoms. The summed E-state index contributed by atoms with van der Waals surface area (Å²) in [6.07, 6.45) is 7.51. The molecule has 0 saturated heterocycles. The molecule has 5 nitrogen and oxygen atoms in total. The number of fused-ring (bicyclic) bond motifs is 5. The quantitative estimate of drug-likeness (QED) is 0.153. The van der Waals surface area contributed by atoms with Crippen LogP contribution in [-0.4, -0.2) is 19.4 Å². The third-order valence-electron chi connectivity index (χ3n) is 12.7. The van der Waals surface area contributed by atoms with E-state index in [1.807, 2.05) is 30.6 Å². The number of hydrogen-bond donors (Lipinski definition) is 0.